The SMILES string of the molecule is CC[C@H]1OC(=O)C[C@@H](O)[C@H](C)[C@@H](O[C@@H]2O[C@H](C)[C@@H](O)C(N(C)C)C2O)[C@@H](CCn2cc(-c3cccnc3)nn2)C[C@@H](C)C(=O)/C=C/C(C)=C/[C@@H]1CO[C@@H]1OC(C)[C@@H](O)[C@H](OC)C1OC. The largest absolute Gasteiger partial charge is 0.462 e. The van der Waals surface area contributed by atoms with E-state index in [0.717, 1.165) is 11.1 Å². The molecule has 18 heteroatoms. The van der Waals surface area contributed by atoms with Crippen molar-refractivity contribution in [3.05, 3.63) is 54.5 Å². The van der Waals surface area contributed by atoms with Crippen molar-refractivity contribution in [3.63, 3.8) is 0 Å². The van der Waals surface area contributed by atoms with Gasteiger partial charge in [-0.2, -0.15) is 0 Å². The molecule has 0 saturated carbocycles. The van der Waals surface area contributed by atoms with Crippen LogP contribution in [0.5, 0.6) is 0 Å². The third-order valence-electron chi connectivity index (χ3n) is 12.9. The van der Waals surface area contributed by atoms with Crippen LogP contribution in [0.25, 0.3) is 11.3 Å². The molecule has 64 heavy (non-hydrogen) atoms. The number of rotatable bonds is 13. The number of esters is 1. The van der Waals surface area contributed by atoms with Crippen molar-refractivity contribution in [1.82, 2.24) is 24.9 Å². The fraction of sp³-hybridized carbons (Fsp3) is 0.717. The van der Waals surface area contributed by atoms with E-state index in [1.54, 1.807) is 62.9 Å². The van der Waals surface area contributed by atoms with Crippen molar-refractivity contribution in [1.29, 1.82) is 0 Å². The highest BCUT2D eigenvalue weighted by Crippen LogP contribution is 2.35. The Bertz CT molecular complexity index is 1830. The molecular formula is C46H71N5O13. The fourth-order valence-electron chi connectivity index (χ4n) is 9.04. The van der Waals surface area contributed by atoms with Gasteiger partial charge in [-0.1, -0.05) is 43.7 Å². The summed E-state index contributed by atoms with van der Waals surface area (Å²) in [5, 5.41) is 54.0. The molecule has 0 aromatic carbocycles. The van der Waals surface area contributed by atoms with Gasteiger partial charge in [0.15, 0.2) is 18.4 Å². The highest BCUT2D eigenvalue weighted by atomic mass is 16.7. The molecular weight excluding hydrogens is 831 g/mol. The lowest BCUT2D eigenvalue weighted by atomic mass is 9.79. The monoisotopic (exact) mass is 902 g/mol. The Kier molecular flexibility index (Phi) is 19.1. The van der Waals surface area contributed by atoms with E-state index in [9.17, 15) is 30.0 Å². The van der Waals surface area contributed by atoms with Crippen molar-refractivity contribution < 1.29 is 63.2 Å². The number of likely N-dealkylation sites (N-methyl/N-ethyl adjacent to an activating group) is 1. The van der Waals surface area contributed by atoms with Crippen molar-refractivity contribution in [2.45, 2.75) is 153 Å². The van der Waals surface area contributed by atoms with Crippen LogP contribution in [0.3, 0.4) is 0 Å². The van der Waals surface area contributed by atoms with Crippen LogP contribution in [0.1, 0.15) is 67.2 Å². The summed E-state index contributed by atoms with van der Waals surface area (Å²) >= 11 is 0. The van der Waals surface area contributed by atoms with Gasteiger partial charge in [0.1, 0.15) is 36.2 Å². The fourth-order valence-corrected chi connectivity index (χ4v) is 9.04. The van der Waals surface area contributed by atoms with E-state index >= 15 is 0 Å². The maximum atomic E-state index is 14.0. The summed E-state index contributed by atoms with van der Waals surface area (Å²) < 4.78 is 44.2. The number of aliphatic hydroxyl groups is 4. The van der Waals surface area contributed by atoms with Crippen molar-refractivity contribution in [3.8, 4) is 11.3 Å². The Labute approximate surface area is 376 Å². The maximum absolute atomic E-state index is 14.0. The molecule has 4 unspecified atom stereocenters. The lowest BCUT2D eigenvalue weighted by Gasteiger charge is -2.46. The van der Waals surface area contributed by atoms with Gasteiger partial charge in [0.2, 0.25) is 0 Å². The number of cyclic esters (lactones) is 1. The van der Waals surface area contributed by atoms with E-state index in [1.165, 1.54) is 20.3 Å². The molecule has 2 saturated heterocycles. The Balaban J connectivity index is 1.47. The molecule has 0 amide bonds. The number of aromatic nitrogens is 4. The van der Waals surface area contributed by atoms with Crippen molar-refractivity contribution in [2.75, 3.05) is 34.9 Å². The van der Waals surface area contributed by atoms with E-state index in [0.29, 0.717) is 31.5 Å². The second-order valence-corrected chi connectivity index (χ2v) is 17.9. The van der Waals surface area contributed by atoms with Crippen LogP contribution in [0.4, 0.5) is 0 Å². The van der Waals surface area contributed by atoms with Gasteiger partial charge >= 0.3 is 5.97 Å². The first-order valence-corrected chi connectivity index (χ1v) is 22.4. The molecule has 5 rings (SSSR count). The first-order chi connectivity index (χ1) is 30.5. The zero-order valence-electron chi connectivity index (χ0n) is 38.9. The van der Waals surface area contributed by atoms with Gasteiger partial charge in [-0.15, -0.1) is 5.10 Å². The second kappa shape index (κ2) is 23.8. The summed E-state index contributed by atoms with van der Waals surface area (Å²) in [6.45, 7) is 11.1. The molecule has 358 valence electrons. The Morgan fingerprint density at radius 2 is 1.62 bits per heavy atom. The number of aryl methyl sites for hydroxylation is 1. The normalized spacial score (nSPS) is 38.7. The van der Waals surface area contributed by atoms with E-state index in [2.05, 4.69) is 15.3 Å². The molecule has 2 fully saturated rings. The Morgan fingerprint density at radius 3 is 2.28 bits per heavy atom. The lowest BCUT2D eigenvalue weighted by Crippen LogP contribution is -2.63. The number of nitrogens with zero attached hydrogens (tertiary/aromatic N) is 5. The standard InChI is InChI=1S/C46H71N5O13/c1-11-36-32(24-60-46-44(59-10)43(58-9)40(56)29(6)62-46)19-25(2)14-15-34(52)26(3)20-30(16-18-51-23-33(48-49-51)31-13-12-17-47-22-31)42(27(4)35(53)21-37(54)63-36)64-45-41(57)38(50(7)8)39(55)28(5)61-45/h12-15,17,19,22-23,26-30,32,35-36,38-46,53,55-57H,11,16,18,20-21,24H2,1-10H3/b15-14+,25-19+/t26-,27+,28-,29?,30+,32-,35-,36-,38?,39-,40-,41?,42-,43+,44?,45+,46-/m1/s1. The van der Waals surface area contributed by atoms with Crippen LogP contribution in [0.2, 0.25) is 0 Å². The minimum Gasteiger partial charge on any atom is -0.462 e. The molecule has 2 aromatic heterocycles. The second-order valence-electron chi connectivity index (χ2n) is 17.9. The molecule has 5 heterocycles. The van der Waals surface area contributed by atoms with E-state index < -0.39 is 116 Å². The summed E-state index contributed by atoms with van der Waals surface area (Å²) in [6, 6.07) is 2.97. The zero-order valence-corrected chi connectivity index (χ0v) is 38.9. The number of ketones is 1. The molecule has 0 spiro atoms. The number of carbonyl (C=O) groups is 2. The molecule has 17 atom stereocenters. The van der Waals surface area contributed by atoms with Crippen LogP contribution >= 0.6 is 0 Å². The van der Waals surface area contributed by atoms with E-state index in [-0.39, 0.29) is 12.4 Å². The van der Waals surface area contributed by atoms with Crippen molar-refractivity contribution >= 4 is 11.8 Å². The summed E-state index contributed by atoms with van der Waals surface area (Å²) in [6.07, 6.45) is -0.0765. The van der Waals surface area contributed by atoms with Crippen LogP contribution in [-0.2, 0) is 49.3 Å². The molecule has 3 aliphatic heterocycles. The van der Waals surface area contributed by atoms with Gasteiger partial charge < -0.3 is 58.5 Å². The van der Waals surface area contributed by atoms with Gasteiger partial charge in [0.05, 0.1) is 55.8 Å². The quantitative estimate of drug-likeness (QED) is 0.212. The number of carbonyl (C=O) groups excluding carboxylic acids is 2. The highest BCUT2D eigenvalue weighted by Gasteiger charge is 2.48. The molecule has 3 aliphatic rings. The smallest absolute Gasteiger partial charge is 0.308 e. The van der Waals surface area contributed by atoms with Gasteiger partial charge in [-0.3, -0.25) is 19.3 Å². The highest BCUT2D eigenvalue weighted by molar-refractivity contribution is 5.91. The first kappa shape index (κ1) is 51.5. The number of ether oxygens (including phenoxy) is 7. The summed E-state index contributed by atoms with van der Waals surface area (Å²) in [5.74, 6) is -3.06. The summed E-state index contributed by atoms with van der Waals surface area (Å²) in [4.78, 5) is 33.8. The van der Waals surface area contributed by atoms with Gasteiger partial charge in [0, 0.05) is 56.5 Å². The predicted molar refractivity (Wildman–Crippen MR) is 233 cm³/mol. The summed E-state index contributed by atoms with van der Waals surface area (Å²) in [7, 11) is 6.45. The molecule has 4 N–H and O–H groups in total. The minimum absolute atomic E-state index is 0.0158. The van der Waals surface area contributed by atoms with Crippen molar-refractivity contribution in [2.24, 2.45) is 23.7 Å². The van der Waals surface area contributed by atoms with Gasteiger partial charge in [-0.25, -0.2) is 0 Å². The number of hydrogen-bond donors (Lipinski definition) is 4. The van der Waals surface area contributed by atoms with E-state index in [4.69, 9.17) is 33.2 Å². The average molecular weight is 902 g/mol. The average Bonchev–Trinajstić information content (AvgIpc) is 3.75. The molecule has 0 bridgehead atoms. The van der Waals surface area contributed by atoms with Crippen LogP contribution in [-0.4, -0.2) is 172 Å². The van der Waals surface area contributed by atoms with Crippen LogP contribution < -0.4 is 0 Å². The number of methoxy groups -OCH3 is 2. The molecule has 2 aromatic rings. The zero-order chi connectivity index (χ0) is 46.8. The Morgan fingerprint density at radius 1 is 0.922 bits per heavy atom. The van der Waals surface area contributed by atoms with E-state index in [1.807, 2.05) is 45.2 Å². The number of pyridine rings is 1. The number of allylic oxidation sites excluding steroid dienone is 3. The maximum Gasteiger partial charge on any atom is 0.308 e. The third-order valence-corrected chi connectivity index (χ3v) is 12.9. The van der Waals surface area contributed by atoms with Gasteiger partial charge in [-0.05, 0) is 78.3 Å². The van der Waals surface area contributed by atoms with Crippen LogP contribution in [0, 0.1) is 23.7 Å². The molecule has 0 aliphatic carbocycles. The molecule has 0 radical (unpaired) electrons. The lowest BCUT2D eigenvalue weighted by molar-refractivity contribution is -0.304. The predicted octanol–water partition coefficient (Wildman–Crippen LogP) is 2.72. The van der Waals surface area contributed by atoms with Crippen LogP contribution in [0.15, 0.2) is 54.5 Å². The first-order valence-electron chi connectivity index (χ1n) is 22.4. The topological polar surface area (TPSA) is 227 Å². The minimum atomic E-state index is -1.29. The molecule has 18 nitrogen and oxygen atoms in total. The Hall–Kier alpha value is -3.53. The summed E-state index contributed by atoms with van der Waals surface area (Å²) in [5.41, 5.74) is 2.15. The number of hydrogen-bond acceptors (Lipinski definition) is 17. The third kappa shape index (κ3) is 12.9. The van der Waals surface area contributed by atoms with Gasteiger partial charge in [0.25, 0.3) is 0 Å². The number of aliphatic hydroxyl groups excluding tert-OH is 4.